The highest BCUT2D eigenvalue weighted by Crippen LogP contribution is 2.23. The maximum atomic E-state index is 12.5. The molecule has 1 aromatic heterocycles. The first-order valence-electron chi connectivity index (χ1n) is 7.02. The lowest BCUT2D eigenvalue weighted by Gasteiger charge is -2.28. The van der Waals surface area contributed by atoms with Crippen LogP contribution in [0.25, 0.3) is 0 Å². The molecular formula is C14H27FOSi3. The molecule has 0 aliphatic carbocycles. The van der Waals surface area contributed by atoms with Crippen LogP contribution in [0.1, 0.15) is 11.6 Å². The molecule has 0 aromatic carbocycles. The highest BCUT2D eigenvalue weighted by atomic mass is 29.2. The summed E-state index contributed by atoms with van der Waals surface area (Å²) in [7, 11) is -3.65. The molecule has 1 aromatic rings. The Labute approximate surface area is 120 Å². The van der Waals surface area contributed by atoms with Gasteiger partial charge in [0.25, 0.3) is 0 Å². The van der Waals surface area contributed by atoms with Gasteiger partial charge in [-0.05, 0) is 38.5 Å². The number of halogens is 1. The van der Waals surface area contributed by atoms with E-state index in [1.165, 1.54) is 10.5 Å². The first-order chi connectivity index (χ1) is 8.65. The van der Waals surface area contributed by atoms with E-state index in [1.54, 1.807) is 0 Å². The molecule has 0 atom stereocenters. The molecule has 0 saturated carbocycles. The van der Waals surface area contributed by atoms with Gasteiger partial charge in [0.1, 0.15) is 0 Å². The van der Waals surface area contributed by atoms with Crippen LogP contribution in [0.2, 0.25) is 39.3 Å². The molecule has 0 aliphatic rings. The van der Waals surface area contributed by atoms with Crippen LogP contribution < -0.4 is 4.43 Å². The molecule has 0 saturated heterocycles. The monoisotopic (exact) mass is 314 g/mol. The molecule has 0 radical (unpaired) electrons. The molecule has 1 heterocycles. The van der Waals surface area contributed by atoms with Crippen molar-refractivity contribution >= 4 is 23.8 Å². The Balaban J connectivity index is 3.23. The molecule has 0 fully saturated rings. The zero-order valence-corrected chi connectivity index (χ0v) is 16.1. The van der Waals surface area contributed by atoms with Gasteiger partial charge in [-0.2, -0.15) is 0 Å². The minimum atomic E-state index is -1.57. The van der Waals surface area contributed by atoms with Crippen LogP contribution in [0.15, 0.2) is 18.2 Å². The second kappa shape index (κ2) is 6.45. The highest BCUT2D eigenvalue weighted by molar-refractivity contribution is 7.30. The van der Waals surface area contributed by atoms with Crippen LogP contribution in [-0.2, 0) is 6.42 Å². The van der Waals surface area contributed by atoms with E-state index in [1.807, 2.05) is 0 Å². The molecule has 19 heavy (non-hydrogen) atoms. The fraction of sp³-hybridized carbons (Fsp3) is 0.643. The summed E-state index contributed by atoms with van der Waals surface area (Å²) in [5, 5.41) is 2.71. The van der Waals surface area contributed by atoms with Crippen molar-refractivity contribution in [2.24, 2.45) is 0 Å². The van der Waals surface area contributed by atoms with Gasteiger partial charge in [0.05, 0.1) is 27.5 Å². The van der Waals surface area contributed by atoms with Crippen molar-refractivity contribution in [3.05, 3.63) is 23.4 Å². The summed E-state index contributed by atoms with van der Waals surface area (Å²) in [6, 6.07) is 6.49. The molecule has 1 rings (SSSR count). The molecule has 108 valence electrons. The lowest BCUT2D eigenvalue weighted by molar-refractivity contribution is 0.473. The number of rotatable bonds is 6. The maximum absolute atomic E-state index is 12.5. The Bertz CT molecular complexity index is 422. The second-order valence-electron chi connectivity index (χ2n) is 7.05. The van der Waals surface area contributed by atoms with Gasteiger partial charge in [0.2, 0.25) is 8.32 Å². The van der Waals surface area contributed by atoms with E-state index in [9.17, 15) is 4.39 Å². The van der Waals surface area contributed by atoms with Crippen molar-refractivity contribution in [3.63, 3.8) is 0 Å². The van der Waals surface area contributed by atoms with Crippen molar-refractivity contribution < 1.29 is 8.82 Å². The second-order valence-corrected chi connectivity index (χ2v) is 23.9. The minimum absolute atomic E-state index is 0.216. The first-order valence-corrected chi connectivity index (χ1v) is 16.4. The molecule has 0 bridgehead atoms. The van der Waals surface area contributed by atoms with Crippen molar-refractivity contribution in [1.82, 2.24) is 0 Å². The molecule has 0 amide bonds. The third-order valence-electron chi connectivity index (χ3n) is 2.86. The SMILES string of the molecule is C[Si](C)(C)Oc1cccc(CCCF)[si]1[Si](C)(C)C. The van der Waals surface area contributed by atoms with Gasteiger partial charge >= 0.3 is 0 Å². The van der Waals surface area contributed by atoms with Crippen LogP contribution in [-0.4, -0.2) is 30.5 Å². The third kappa shape index (κ3) is 5.32. The van der Waals surface area contributed by atoms with E-state index in [4.69, 9.17) is 4.43 Å². The number of aryl methyl sites for hydroxylation is 1. The Hall–Kier alpha value is -0.269. The fourth-order valence-electron chi connectivity index (χ4n) is 2.31. The quantitative estimate of drug-likeness (QED) is 0.702. The van der Waals surface area contributed by atoms with E-state index in [0.717, 1.165) is 6.42 Å². The summed E-state index contributed by atoms with van der Waals surface area (Å²) >= 11 is 0. The van der Waals surface area contributed by atoms with E-state index in [0.29, 0.717) is 6.42 Å². The summed E-state index contributed by atoms with van der Waals surface area (Å²) in [6.07, 6.45) is 1.55. The fourth-order valence-corrected chi connectivity index (χ4v) is 13.8. The molecule has 0 unspecified atom stereocenters. The van der Waals surface area contributed by atoms with Gasteiger partial charge in [-0.15, -0.1) is 0 Å². The van der Waals surface area contributed by atoms with Crippen molar-refractivity contribution in [3.8, 4) is 5.36 Å². The standard InChI is InChI=1S/C14H27FOSi3/c1-18(2,3)16-14-11-7-9-13(10-8-12-15)17(14)19(4,5)6/h7,9,11H,8,10,12H2,1-6H3. The third-order valence-corrected chi connectivity index (χ3v) is 13.4. The van der Waals surface area contributed by atoms with Crippen LogP contribution in [0.4, 0.5) is 4.39 Å². The lowest BCUT2D eigenvalue weighted by Crippen LogP contribution is -2.40. The van der Waals surface area contributed by atoms with Gasteiger partial charge in [-0.3, -0.25) is 4.39 Å². The lowest BCUT2D eigenvalue weighted by atomic mass is 10.3. The summed E-state index contributed by atoms with van der Waals surface area (Å²) < 4.78 is 18.8. The average Bonchev–Trinajstić information content (AvgIpc) is 2.22. The van der Waals surface area contributed by atoms with Crippen molar-refractivity contribution in [2.75, 3.05) is 6.67 Å². The Morgan fingerprint density at radius 1 is 1.11 bits per heavy atom. The molecular weight excluding hydrogens is 287 g/mol. The molecule has 5 heteroatoms. The van der Waals surface area contributed by atoms with Crippen molar-refractivity contribution in [1.29, 1.82) is 0 Å². The van der Waals surface area contributed by atoms with Crippen LogP contribution >= 0.6 is 0 Å². The highest BCUT2D eigenvalue weighted by Gasteiger charge is 2.28. The van der Waals surface area contributed by atoms with Gasteiger partial charge in [0.15, 0.2) is 0 Å². The zero-order chi connectivity index (χ0) is 14.7. The van der Waals surface area contributed by atoms with E-state index in [2.05, 4.69) is 57.5 Å². The normalized spacial score (nSPS) is 12.6. The summed E-state index contributed by atoms with van der Waals surface area (Å²) in [4.78, 5) is 0. The topological polar surface area (TPSA) is 9.23 Å². The predicted molar refractivity (Wildman–Crippen MR) is 89.4 cm³/mol. The predicted octanol–water partition coefficient (Wildman–Crippen LogP) is 4.51. The van der Waals surface area contributed by atoms with Gasteiger partial charge in [-0.25, -0.2) is 0 Å². The van der Waals surface area contributed by atoms with E-state index < -0.39 is 23.8 Å². The average molecular weight is 315 g/mol. The zero-order valence-electron chi connectivity index (χ0n) is 13.1. The van der Waals surface area contributed by atoms with Crippen LogP contribution in [0, 0.1) is 0 Å². The molecule has 0 N–H and O–H groups in total. The van der Waals surface area contributed by atoms with Gasteiger partial charge in [0, 0.05) is 0 Å². The summed E-state index contributed by atoms with van der Waals surface area (Å²) in [6.45, 7) is 13.7. The number of hydrogen-bond acceptors (Lipinski definition) is 1. The number of alkyl halides is 1. The minimum Gasteiger partial charge on any atom is -0.548 e. The van der Waals surface area contributed by atoms with E-state index in [-0.39, 0.29) is 6.67 Å². The van der Waals surface area contributed by atoms with Crippen LogP contribution in [0.3, 0.4) is 0 Å². The molecule has 1 nitrogen and oxygen atoms in total. The Morgan fingerprint density at radius 2 is 1.74 bits per heavy atom. The first kappa shape index (κ1) is 16.8. The largest absolute Gasteiger partial charge is 0.548 e. The van der Waals surface area contributed by atoms with Crippen LogP contribution in [0.5, 0.6) is 5.36 Å². The summed E-state index contributed by atoms with van der Waals surface area (Å²) in [5.41, 5.74) is 0. The number of hydrogen-bond donors (Lipinski definition) is 0. The Morgan fingerprint density at radius 3 is 2.21 bits per heavy atom. The maximum Gasteiger partial charge on any atom is 0.241 e. The smallest absolute Gasteiger partial charge is 0.241 e. The Kier molecular flexibility index (Phi) is 5.70. The summed E-state index contributed by atoms with van der Waals surface area (Å²) in [5.74, 6) is 0. The van der Waals surface area contributed by atoms with E-state index >= 15 is 0 Å². The molecule has 0 spiro atoms. The van der Waals surface area contributed by atoms with Gasteiger partial charge in [-0.1, -0.05) is 36.9 Å². The van der Waals surface area contributed by atoms with Crippen molar-refractivity contribution in [2.45, 2.75) is 52.1 Å². The molecule has 0 aliphatic heterocycles. The van der Waals surface area contributed by atoms with Gasteiger partial charge < -0.3 is 4.43 Å².